The number of alkyl halides is 3. The first kappa shape index (κ1) is 15.1. The highest BCUT2D eigenvalue weighted by Gasteiger charge is 2.31. The Kier molecular flexibility index (Phi) is 4.04. The van der Waals surface area contributed by atoms with Crippen LogP contribution in [0.25, 0.3) is 0 Å². The maximum absolute atomic E-state index is 12.6. The Morgan fingerprint density at radius 1 is 1.29 bits per heavy atom. The number of nitrogens with zero attached hydrogens (tertiary/aromatic N) is 1. The Morgan fingerprint density at radius 3 is 2.62 bits per heavy atom. The molecule has 0 aliphatic carbocycles. The van der Waals surface area contributed by atoms with E-state index in [1.54, 1.807) is 0 Å². The zero-order chi connectivity index (χ0) is 15.6. The lowest BCUT2D eigenvalue weighted by Gasteiger charge is -2.12. The molecule has 2 N–H and O–H groups in total. The van der Waals surface area contributed by atoms with Crippen molar-refractivity contribution in [3.8, 4) is 0 Å². The van der Waals surface area contributed by atoms with Gasteiger partial charge in [0.15, 0.2) is 5.15 Å². The first-order chi connectivity index (χ1) is 9.77. The second-order valence-corrected chi connectivity index (χ2v) is 4.43. The number of carbonyl (C=O) groups is 1. The summed E-state index contributed by atoms with van der Waals surface area (Å²) in [6.07, 6.45) is -3.92. The van der Waals surface area contributed by atoms with Crippen LogP contribution in [0.5, 0.6) is 0 Å². The van der Waals surface area contributed by atoms with Gasteiger partial charge in [-0.3, -0.25) is 0 Å². The molecule has 0 aliphatic heterocycles. The van der Waals surface area contributed by atoms with Crippen molar-refractivity contribution in [3.63, 3.8) is 0 Å². The number of hydrogen-bond acceptors (Lipinski definition) is 3. The lowest BCUT2D eigenvalue weighted by atomic mass is 10.2. The summed E-state index contributed by atoms with van der Waals surface area (Å²) in [5.41, 5.74) is -0.730. The highest BCUT2D eigenvalue weighted by atomic mass is 35.5. The van der Waals surface area contributed by atoms with E-state index in [1.807, 2.05) is 0 Å². The number of halogens is 4. The molecule has 0 aliphatic rings. The van der Waals surface area contributed by atoms with E-state index in [9.17, 15) is 18.0 Å². The number of carboxylic acids is 1. The number of anilines is 2. The summed E-state index contributed by atoms with van der Waals surface area (Å²) in [4.78, 5) is 14.3. The number of aromatic carboxylic acids is 1. The molecule has 0 atom stereocenters. The van der Waals surface area contributed by atoms with Gasteiger partial charge in [-0.1, -0.05) is 17.7 Å². The molecule has 1 aromatic carbocycles. The molecule has 4 nitrogen and oxygen atoms in total. The normalized spacial score (nSPS) is 11.2. The number of hydrogen-bond donors (Lipinski definition) is 2. The number of nitrogens with one attached hydrogen (secondary N) is 1. The predicted octanol–water partition coefficient (Wildman–Crippen LogP) is 4.20. The van der Waals surface area contributed by atoms with Crippen LogP contribution in [0, 0.1) is 0 Å². The molecule has 0 bridgehead atoms. The van der Waals surface area contributed by atoms with E-state index in [4.69, 9.17) is 16.7 Å². The number of benzene rings is 1. The highest BCUT2D eigenvalue weighted by Crippen LogP contribution is 2.33. The standard InChI is InChI=1S/C13H8ClF3N2O2/c14-11-10(5-8(6-18-11)13(15,16)17)19-9-3-1-2-7(4-9)12(20)21/h1-6,19H,(H,20,21). The van der Waals surface area contributed by atoms with Crippen LogP contribution in [0.3, 0.4) is 0 Å². The number of carboxylic acid groups (broad SMARTS) is 1. The van der Waals surface area contributed by atoms with E-state index in [0.29, 0.717) is 6.20 Å². The Hall–Kier alpha value is -2.28. The molecular weight excluding hydrogens is 309 g/mol. The van der Waals surface area contributed by atoms with Crippen LogP contribution in [0.1, 0.15) is 15.9 Å². The van der Waals surface area contributed by atoms with Crippen LogP contribution in [-0.2, 0) is 6.18 Å². The van der Waals surface area contributed by atoms with Crippen LogP contribution in [0.15, 0.2) is 36.5 Å². The Morgan fingerprint density at radius 2 is 2.00 bits per heavy atom. The number of rotatable bonds is 3. The van der Waals surface area contributed by atoms with Gasteiger partial charge >= 0.3 is 12.1 Å². The third-order valence-corrected chi connectivity index (χ3v) is 2.86. The van der Waals surface area contributed by atoms with Crippen molar-refractivity contribution in [1.82, 2.24) is 4.98 Å². The summed E-state index contributed by atoms with van der Waals surface area (Å²) in [6.45, 7) is 0. The average molecular weight is 317 g/mol. The van der Waals surface area contributed by atoms with Gasteiger partial charge in [0.2, 0.25) is 0 Å². The Labute approximate surface area is 122 Å². The number of pyridine rings is 1. The SMILES string of the molecule is O=C(O)c1cccc(Nc2cc(C(F)(F)F)cnc2Cl)c1. The van der Waals surface area contributed by atoms with Gasteiger partial charge in [0.25, 0.3) is 0 Å². The molecule has 0 radical (unpaired) electrons. The zero-order valence-corrected chi connectivity index (χ0v) is 11.0. The van der Waals surface area contributed by atoms with Gasteiger partial charge in [-0.25, -0.2) is 9.78 Å². The fourth-order valence-electron chi connectivity index (χ4n) is 1.58. The second-order valence-electron chi connectivity index (χ2n) is 4.07. The molecule has 8 heteroatoms. The lowest BCUT2D eigenvalue weighted by Crippen LogP contribution is -2.07. The average Bonchev–Trinajstić information content (AvgIpc) is 2.40. The van der Waals surface area contributed by atoms with Crippen molar-refractivity contribution in [2.45, 2.75) is 6.18 Å². The fourth-order valence-corrected chi connectivity index (χ4v) is 1.73. The largest absolute Gasteiger partial charge is 0.478 e. The smallest absolute Gasteiger partial charge is 0.417 e. The molecule has 2 aromatic rings. The van der Waals surface area contributed by atoms with Crippen molar-refractivity contribution in [3.05, 3.63) is 52.8 Å². The van der Waals surface area contributed by atoms with E-state index in [2.05, 4.69) is 10.3 Å². The quantitative estimate of drug-likeness (QED) is 0.833. The predicted molar refractivity (Wildman–Crippen MR) is 70.9 cm³/mol. The molecule has 21 heavy (non-hydrogen) atoms. The van der Waals surface area contributed by atoms with Crippen LogP contribution >= 0.6 is 11.6 Å². The fraction of sp³-hybridized carbons (Fsp3) is 0.0769. The van der Waals surface area contributed by atoms with E-state index in [1.165, 1.54) is 24.3 Å². The van der Waals surface area contributed by atoms with Crippen molar-refractivity contribution in [2.24, 2.45) is 0 Å². The van der Waals surface area contributed by atoms with Gasteiger partial charge in [-0.05, 0) is 24.3 Å². The minimum atomic E-state index is -4.54. The minimum absolute atomic E-state index is 0.00365. The molecule has 110 valence electrons. The van der Waals surface area contributed by atoms with Crippen LogP contribution < -0.4 is 5.32 Å². The molecule has 2 rings (SSSR count). The van der Waals surface area contributed by atoms with E-state index in [-0.39, 0.29) is 22.1 Å². The van der Waals surface area contributed by atoms with E-state index < -0.39 is 17.7 Å². The Bertz CT molecular complexity index is 689. The molecular formula is C13H8ClF3N2O2. The van der Waals surface area contributed by atoms with Crippen LogP contribution in [0.2, 0.25) is 5.15 Å². The molecule has 0 unspecified atom stereocenters. The zero-order valence-electron chi connectivity index (χ0n) is 10.3. The van der Waals surface area contributed by atoms with Gasteiger partial charge in [-0.15, -0.1) is 0 Å². The van der Waals surface area contributed by atoms with Gasteiger partial charge in [0, 0.05) is 11.9 Å². The lowest BCUT2D eigenvalue weighted by molar-refractivity contribution is -0.137. The Balaban J connectivity index is 2.35. The van der Waals surface area contributed by atoms with Gasteiger partial charge in [0.05, 0.1) is 16.8 Å². The molecule has 0 fully saturated rings. The molecule has 1 heterocycles. The van der Waals surface area contributed by atoms with Crippen molar-refractivity contribution < 1.29 is 23.1 Å². The summed E-state index contributed by atoms with van der Waals surface area (Å²) in [6, 6.07) is 6.41. The summed E-state index contributed by atoms with van der Waals surface area (Å²) >= 11 is 5.74. The first-order valence-electron chi connectivity index (χ1n) is 5.60. The maximum Gasteiger partial charge on any atom is 0.417 e. The molecule has 0 amide bonds. The highest BCUT2D eigenvalue weighted by molar-refractivity contribution is 6.32. The van der Waals surface area contributed by atoms with Gasteiger partial charge in [-0.2, -0.15) is 13.2 Å². The minimum Gasteiger partial charge on any atom is -0.478 e. The first-order valence-corrected chi connectivity index (χ1v) is 5.98. The van der Waals surface area contributed by atoms with Gasteiger partial charge in [0.1, 0.15) is 0 Å². The molecule has 0 saturated carbocycles. The maximum atomic E-state index is 12.6. The number of aromatic nitrogens is 1. The van der Waals surface area contributed by atoms with Crippen molar-refractivity contribution in [2.75, 3.05) is 5.32 Å². The van der Waals surface area contributed by atoms with Crippen LogP contribution in [0.4, 0.5) is 24.5 Å². The van der Waals surface area contributed by atoms with Crippen molar-refractivity contribution in [1.29, 1.82) is 0 Å². The summed E-state index contributed by atoms with van der Waals surface area (Å²) in [7, 11) is 0. The molecule has 1 aromatic heterocycles. The molecule has 0 saturated heterocycles. The summed E-state index contributed by atoms with van der Waals surface area (Å²) < 4.78 is 37.9. The van der Waals surface area contributed by atoms with E-state index >= 15 is 0 Å². The summed E-state index contributed by atoms with van der Waals surface area (Å²) in [5.74, 6) is -1.15. The molecule has 0 spiro atoms. The topological polar surface area (TPSA) is 62.2 Å². The monoisotopic (exact) mass is 316 g/mol. The second kappa shape index (κ2) is 5.61. The third-order valence-electron chi connectivity index (χ3n) is 2.55. The van der Waals surface area contributed by atoms with Crippen LogP contribution in [-0.4, -0.2) is 16.1 Å². The van der Waals surface area contributed by atoms with Gasteiger partial charge < -0.3 is 10.4 Å². The third kappa shape index (κ3) is 3.63. The summed E-state index contributed by atoms with van der Waals surface area (Å²) in [5, 5.41) is 11.3. The van der Waals surface area contributed by atoms with Crippen molar-refractivity contribution >= 4 is 28.9 Å². The van der Waals surface area contributed by atoms with E-state index in [0.717, 1.165) is 6.07 Å².